The van der Waals surface area contributed by atoms with E-state index in [4.69, 9.17) is 0 Å². The summed E-state index contributed by atoms with van der Waals surface area (Å²) in [4.78, 5) is 0. The monoisotopic (exact) mass is 264 g/mol. The Morgan fingerprint density at radius 3 is 2.00 bits per heavy atom. The van der Waals surface area contributed by atoms with Crippen LogP contribution in [0.5, 0.6) is 11.5 Å². The molecule has 108 valence electrons. The van der Waals surface area contributed by atoms with Gasteiger partial charge in [-0.05, 0) is 37.0 Å². The van der Waals surface area contributed by atoms with Crippen LogP contribution in [0.25, 0.3) is 0 Å². The van der Waals surface area contributed by atoms with Crippen molar-refractivity contribution in [2.24, 2.45) is 0 Å². The van der Waals surface area contributed by atoms with Crippen molar-refractivity contribution in [1.29, 1.82) is 0 Å². The van der Waals surface area contributed by atoms with Gasteiger partial charge in [-0.1, -0.05) is 52.4 Å². The summed E-state index contributed by atoms with van der Waals surface area (Å²) >= 11 is 0. The van der Waals surface area contributed by atoms with E-state index in [0.717, 1.165) is 18.4 Å². The minimum Gasteiger partial charge on any atom is -0.508 e. The van der Waals surface area contributed by atoms with E-state index in [-0.39, 0.29) is 5.75 Å². The molecule has 1 aromatic carbocycles. The smallest absolute Gasteiger partial charge is 0.119 e. The largest absolute Gasteiger partial charge is 0.508 e. The lowest BCUT2D eigenvalue weighted by Crippen LogP contribution is -2.00. The Bertz CT molecular complexity index is 350. The highest BCUT2D eigenvalue weighted by Crippen LogP contribution is 2.35. The topological polar surface area (TPSA) is 40.5 Å². The molecule has 0 aliphatic heterocycles. The average Bonchev–Trinajstić information content (AvgIpc) is 2.40. The van der Waals surface area contributed by atoms with E-state index in [2.05, 4.69) is 13.8 Å². The van der Waals surface area contributed by atoms with Crippen LogP contribution in [0.2, 0.25) is 0 Å². The predicted octanol–water partition coefficient (Wildman–Crippen LogP) is 5.34. The summed E-state index contributed by atoms with van der Waals surface area (Å²) < 4.78 is 0. The van der Waals surface area contributed by atoms with Gasteiger partial charge in [0.15, 0.2) is 0 Å². The van der Waals surface area contributed by atoms with Gasteiger partial charge in [0.1, 0.15) is 11.5 Å². The molecular weight excluding hydrogens is 236 g/mol. The normalized spacial score (nSPS) is 11.1. The van der Waals surface area contributed by atoms with E-state index in [1.807, 2.05) is 0 Å². The number of hydrogen-bond donors (Lipinski definition) is 2. The van der Waals surface area contributed by atoms with Gasteiger partial charge in [0, 0.05) is 5.56 Å². The molecular formula is C17H28O2. The van der Waals surface area contributed by atoms with Gasteiger partial charge in [-0.25, -0.2) is 0 Å². The van der Waals surface area contributed by atoms with Crippen LogP contribution in [-0.2, 0) is 0 Å². The summed E-state index contributed by atoms with van der Waals surface area (Å²) in [6.45, 7) is 4.41. The molecule has 0 aliphatic rings. The van der Waals surface area contributed by atoms with Crippen LogP contribution in [0.4, 0.5) is 0 Å². The van der Waals surface area contributed by atoms with Crippen molar-refractivity contribution in [3.63, 3.8) is 0 Å². The van der Waals surface area contributed by atoms with Crippen LogP contribution in [0.15, 0.2) is 18.2 Å². The van der Waals surface area contributed by atoms with E-state index in [1.165, 1.54) is 38.5 Å². The quantitative estimate of drug-likeness (QED) is 0.466. The molecule has 2 heteroatoms. The first-order chi connectivity index (χ1) is 9.19. The lowest BCUT2D eigenvalue weighted by Gasteiger charge is -2.18. The van der Waals surface area contributed by atoms with Gasteiger partial charge in [0.25, 0.3) is 0 Å². The van der Waals surface area contributed by atoms with Gasteiger partial charge < -0.3 is 10.2 Å². The maximum absolute atomic E-state index is 10.0. The number of unbranched alkanes of at least 4 members (excludes halogenated alkanes) is 4. The van der Waals surface area contributed by atoms with Crippen molar-refractivity contribution >= 4 is 0 Å². The van der Waals surface area contributed by atoms with Crippen molar-refractivity contribution in [2.75, 3.05) is 0 Å². The van der Waals surface area contributed by atoms with Gasteiger partial charge in [-0.15, -0.1) is 0 Å². The average molecular weight is 264 g/mol. The Balaban J connectivity index is 2.72. The maximum atomic E-state index is 10.0. The molecule has 1 aromatic rings. The number of phenols is 2. The first-order valence-electron chi connectivity index (χ1n) is 7.70. The number of rotatable bonds is 9. The second-order valence-electron chi connectivity index (χ2n) is 5.43. The first-order valence-corrected chi connectivity index (χ1v) is 7.70. The number of aromatic hydroxyl groups is 2. The minimum absolute atomic E-state index is 0.254. The predicted molar refractivity (Wildman–Crippen MR) is 80.8 cm³/mol. The SMILES string of the molecule is CCCCCC(CCCCC)c1cc(O)ccc1O. The molecule has 19 heavy (non-hydrogen) atoms. The zero-order valence-corrected chi connectivity index (χ0v) is 12.4. The molecule has 1 rings (SSSR count). The molecule has 2 nitrogen and oxygen atoms in total. The van der Waals surface area contributed by atoms with Crippen LogP contribution < -0.4 is 0 Å². The fourth-order valence-corrected chi connectivity index (χ4v) is 2.61. The molecule has 0 aliphatic carbocycles. The van der Waals surface area contributed by atoms with Crippen molar-refractivity contribution in [3.8, 4) is 11.5 Å². The molecule has 0 radical (unpaired) electrons. The van der Waals surface area contributed by atoms with Crippen LogP contribution >= 0.6 is 0 Å². The zero-order valence-electron chi connectivity index (χ0n) is 12.4. The highest BCUT2D eigenvalue weighted by Gasteiger charge is 2.15. The van der Waals surface area contributed by atoms with E-state index in [1.54, 1.807) is 18.2 Å². The molecule has 0 bridgehead atoms. The van der Waals surface area contributed by atoms with Crippen LogP contribution in [0.3, 0.4) is 0 Å². The van der Waals surface area contributed by atoms with E-state index >= 15 is 0 Å². The first kappa shape index (κ1) is 15.9. The molecule has 0 fully saturated rings. The summed E-state index contributed by atoms with van der Waals surface area (Å²) in [5.41, 5.74) is 0.923. The number of phenolic OH excluding ortho intramolecular Hbond substituents is 2. The summed E-state index contributed by atoms with van der Waals surface area (Å²) in [6, 6.07) is 4.89. The van der Waals surface area contributed by atoms with Crippen molar-refractivity contribution in [2.45, 2.75) is 71.1 Å². The third-order valence-corrected chi connectivity index (χ3v) is 3.76. The second kappa shape index (κ2) is 8.84. The fourth-order valence-electron chi connectivity index (χ4n) is 2.61. The third-order valence-electron chi connectivity index (χ3n) is 3.76. The second-order valence-corrected chi connectivity index (χ2v) is 5.43. The van der Waals surface area contributed by atoms with Gasteiger partial charge in [-0.3, -0.25) is 0 Å². The fraction of sp³-hybridized carbons (Fsp3) is 0.647. The third kappa shape index (κ3) is 5.54. The molecule has 0 aromatic heterocycles. The Hall–Kier alpha value is -1.18. The summed E-state index contributed by atoms with van der Waals surface area (Å²) in [6.07, 6.45) is 9.52. The molecule has 0 heterocycles. The van der Waals surface area contributed by atoms with Gasteiger partial charge >= 0.3 is 0 Å². The van der Waals surface area contributed by atoms with E-state index < -0.39 is 0 Å². The molecule has 0 saturated heterocycles. The number of hydrogen-bond acceptors (Lipinski definition) is 2. The van der Waals surface area contributed by atoms with Crippen LogP contribution in [0.1, 0.15) is 76.7 Å². The van der Waals surface area contributed by atoms with Crippen molar-refractivity contribution < 1.29 is 10.2 Å². The van der Waals surface area contributed by atoms with Crippen molar-refractivity contribution in [1.82, 2.24) is 0 Å². The molecule has 0 saturated carbocycles. The van der Waals surface area contributed by atoms with E-state index in [0.29, 0.717) is 11.7 Å². The molecule has 0 unspecified atom stereocenters. The molecule has 2 N–H and O–H groups in total. The molecule has 0 amide bonds. The minimum atomic E-state index is 0.254. The van der Waals surface area contributed by atoms with Crippen molar-refractivity contribution in [3.05, 3.63) is 23.8 Å². The van der Waals surface area contributed by atoms with Crippen LogP contribution in [-0.4, -0.2) is 10.2 Å². The Morgan fingerprint density at radius 1 is 0.895 bits per heavy atom. The summed E-state index contributed by atoms with van der Waals surface area (Å²) in [7, 11) is 0. The van der Waals surface area contributed by atoms with Gasteiger partial charge in [0.05, 0.1) is 0 Å². The number of benzene rings is 1. The Kier molecular flexibility index (Phi) is 7.39. The van der Waals surface area contributed by atoms with Crippen LogP contribution in [0, 0.1) is 0 Å². The Labute approximate surface area is 117 Å². The highest BCUT2D eigenvalue weighted by molar-refractivity contribution is 5.40. The highest BCUT2D eigenvalue weighted by atomic mass is 16.3. The van der Waals surface area contributed by atoms with Gasteiger partial charge in [0.2, 0.25) is 0 Å². The summed E-state index contributed by atoms with van der Waals surface area (Å²) in [5, 5.41) is 19.6. The standard InChI is InChI=1S/C17H28O2/c1-3-5-7-9-14(10-8-6-4-2)16-13-15(18)11-12-17(16)19/h11-14,18-19H,3-10H2,1-2H3. The lowest BCUT2D eigenvalue weighted by molar-refractivity contribution is 0.432. The van der Waals surface area contributed by atoms with E-state index in [9.17, 15) is 10.2 Å². The lowest BCUT2D eigenvalue weighted by atomic mass is 9.88. The maximum Gasteiger partial charge on any atom is 0.119 e. The Morgan fingerprint density at radius 2 is 1.47 bits per heavy atom. The molecule has 0 spiro atoms. The molecule has 0 atom stereocenters. The summed E-state index contributed by atoms with van der Waals surface area (Å²) in [5.74, 6) is 0.963. The zero-order chi connectivity index (χ0) is 14.1. The van der Waals surface area contributed by atoms with Gasteiger partial charge in [-0.2, -0.15) is 0 Å².